The Morgan fingerprint density at radius 3 is 2.37 bits per heavy atom. The lowest BCUT2D eigenvalue weighted by Crippen LogP contribution is -2.29. The Labute approximate surface area is 231 Å². The first-order valence-electron chi connectivity index (χ1n) is 12.3. The van der Waals surface area contributed by atoms with Gasteiger partial charge in [-0.25, -0.2) is 18.3 Å². The third-order valence-corrected chi connectivity index (χ3v) is 6.37. The molecule has 0 aliphatic heterocycles. The van der Waals surface area contributed by atoms with Gasteiger partial charge in [-0.1, -0.05) is 6.07 Å². The number of halogens is 2. The highest BCUT2D eigenvalue weighted by Gasteiger charge is 2.30. The molecule has 0 saturated heterocycles. The first-order chi connectivity index (χ1) is 19.6. The Morgan fingerprint density at radius 1 is 1.02 bits per heavy atom. The van der Waals surface area contributed by atoms with Gasteiger partial charge < -0.3 is 4.90 Å². The number of aromatic nitrogens is 5. The number of H-pyrrole nitrogens is 1. The predicted octanol–water partition coefficient (Wildman–Crippen LogP) is 3.61. The van der Waals surface area contributed by atoms with Crippen molar-refractivity contribution in [2.24, 2.45) is 0 Å². The van der Waals surface area contributed by atoms with Crippen LogP contribution >= 0.6 is 0 Å². The van der Waals surface area contributed by atoms with Crippen molar-refractivity contribution in [1.82, 2.24) is 29.2 Å². The molecule has 0 spiro atoms. The molecule has 41 heavy (non-hydrogen) atoms. The van der Waals surface area contributed by atoms with Crippen LogP contribution in [0.1, 0.15) is 16.7 Å². The molecule has 0 unspecified atom stereocenters. The van der Waals surface area contributed by atoms with E-state index in [-0.39, 0.29) is 52.3 Å². The molecule has 3 aromatic heterocycles. The van der Waals surface area contributed by atoms with Crippen molar-refractivity contribution >= 4 is 5.69 Å². The van der Waals surface area contributed by atoms with E-state index in [0.717, 1.165) is 29.0 Å². The van der Waals surface area contributed by atoms with Crippen LogP contribution < -0.4 is 11.2 Å². The number of aromatic amines is 1. The maximum Gasteiger partial charge on any atom is 0.332 e. The minimum absolute atomic E-state index is 0.0394. The van der Waals surface area contributed by atoms with Crippen molar-refractivity contribution in [3.8, 4) is 22.6 Å². The average Bonchev–Trinajstić information content (AvgIpc) is 3.46. The van der Waals surface area contributed by atoms with E-state index >= 15 is 0 Å². The molecule has 0 saturated carbocycles. The fourth-order valence-corrected chi connectivity index (χ4v) is 4.68. The molecule has 0 radical (unpaired) electrons. The Morgan fingerprint density at radius 2 is 1.78 bits per heavy atom. The lowest BCUT2D eigenvalue weighted by Gasteiger charge is -2.21. The number of pyridine rings is 1. The number of nitrogens with one attached hydrogen (secondary N) is 1. The molecule has 5 rings (SSSR count). The normalized spacial score (nSPS) is 11.2. The van der Waals surface area contributed by atoms with Gasteiger partial charge in [0, 0.05) is 48.7 Å². The monoisotopic (exact) mass is 559 g/mol. The Hall–Kier alpha value is -5.30. The average molecular weight is 560 g/mol. The molecule has 11 nitrogen and oxygen atoms in total. The maximum absolute atomic E-state index is 14.8. The molecule has 0 aliphatic carbocycles. The van der Waals surface area contributed by atoms with Crippen molar-refractivity contribution in [2.45, 2.75) is 13.0 Å². The Kier molecular flexibility index (Phi) is 7.36. The van der Waals surface area contributed by atoms with Crippen molar-refractivity contribution in [2.75, 3.05) is 14.1 Å². The highest BCUT2D eigenvalue weighted by atomic mass is 19.1. The first kappa shape index (κ1) is 27.3. The number of benzene rings is 2. The van der Waals surface area contributed by atoms with Gasteiger partial charge in [0.2, 0.25) is 0 Å². The maximum atomic E-state index is 14.8. The van der Waals surface area contributed by atoms with E-state index in [1.54, 1.807) is 48.2 Å². The van der Waals surface area contributed by atoms with E-state index in [0.29, 0.717) is 5.69 Å². The van der Waals surface area contributed by atoms with E-state index < -0.39 is 27.8 Å². The van der Waals surface area contributed by atoms with Crippen LogP contribution in [0.3, 0.4) is 0 Å². The molecule has 2 aromatic carbocycles. The van der Waals surface area contributed by atoms with E-state index in [1.807, 2.05) is 0 Å². The van der Waals surface area contributed by atoms with E-state index in [9.17, 15) is 28.5 Å². The molecule has 1 N–H and O–H groups in total. The largest absolute Gasteiger partial charge is 0.332 e. The van der Waals surface area contributed by atoms with Crippen LogP contribution in [0.25, 0.3) is 22.6 Å². The van der Waals surface area contributed by atoms with Gasteiger partial charge in [0.15, 0.2) is 0 Å². The van der Waals surface area contributed by atoms with Crippen molar-refractivity contribution in [3.05, 3.63) is 133 Å². The summed E-state index contributed by atoms with van der Waals surface area (Å²) in [5, 5.41) is 16.8. The fourth-order valence-electron chi connectivity index (χ4n) is 4.68. The third-order valence-electron chi connectivity index (χ3n) is 6.37. The standard InChI is InChI=1S/C28H23F2N7O4/c1-34(2)16-18-13-17(14-20-21(29)5-3-6-22(20)30)26(35-12-9-24(38)33-28(35)39)25(27(18)37(40)41)23-8-7-19(15-31-23)36-11-4-10-32-36/h3-13,15H,14,16H2,1-2H3,(H,33,38,39). The molecule has 0 bridgehead atoms. The zero-order chi connectivity index (χ0) is 29.3. The summed E-state index contributed by atoms with van der Waals surface area (Å²) in [6.07, 6.45) is 5.55. The Balaban J connectivity index is 1.89. The van der Waals surface area contributed by atoms with Crippen LogP contribution in [0, 0.1) is 21.7 Å². The van der Waals surface area contributed by atoms with Gasteiger partial charge in [-0.05, 0) is 56.1 Å². The smallest absolute Gasteiger partial charge is 0.305 e. The second-order valence-electron chi connectivity index (χ2n) is 9.47. The topological polar surface area (TPSA) is 132 Å². The second kappa shape index (κ2) is 11.1. The van der Waals surface area contributed by atoms with Gasteiger partial charge >= 0.3 is 5.69 Å². The van der Waals surface area contributed by atoms with Gasteiger partial charge in [-0.2, -0.15) is 5.10 Å². The van der Waals surface area contributed by atoms with Gasteiger partial charge in [0.05, 0.1) is 28.2 Å². The summed E-state index contributed by atoms with van der Waals surface area (Å²) in [7, 11) is 3.44. The molecule has 0 amide bonds. The zero-order valence-electron chi connectivity index (χ0n) is 21.9. The fraction of sp³-hybridized carbons (Fsp3) is 0.143. The van der Waals surface area contributed by atoms with Crippen LogP contribution in [0.5, 0.6) is 0 Å². The summed E-state index contributed by atoms with van der Waals surface area (Å²) in [4.78, 5) is 45.3. The van der Waals surface area contributed by atoms with Gasteiger partial charge in [0.1, 0.15) is 17.2 Å². The molecule has 13 heteroatoms. The molecular weight excluding hydrogens is 536 g/mol. The van der Waals surface area contributed by atoms with Crippen LogP contribution in [-0.4, -0.2) is 48.2 Å². The van der Waals surface area contributed by atoms with Gasteiger partial charge in [0.25, 0.3) is 11.2 Å². The third kappa shape index (κ3) is 5.43. The number of nitro groups is 1. The molecule has 0 aliphatic rings. The van der Waals surface area contributed by atoms with E-state index in [1.165, 1.54) is 24.4 Å². The number of hydrogen-bond donors (Lipinski definition) is 1. The van der Waals surface area contributed by atoms with Crippen molar-refractivity contribution in [1.29, 1.82) is 0 Å². The summed E-state index contributed by atoms with van der Waals surface area (Å²) in [6.45, 7) is 0.0994. The SMILES string of the molecule is CN(C)Cc1cc(Cc2c(F)cccc2F)c(-n2ccc(=O)[nH]c2=O)c(-c2ccc(-n3cccn3)cn2)c1[N+](=O)[O-]. The summed E-state index contributed by atoms with van der Waals surface area (Å²) in [5.41, 5.74) is -1.16. The second-order valence-corrected chi connectivity index (χ2v) is 9.47. The molecule has 208 valence electrons. The molecule has 0 fully saturated rings. The van der Waals surface area contributed by atoms with Crippen molar-refractivity contribution in [3.63, 3.8) is 0 Å². The lowest BCUT2D eigenvalue weighted by atomic mass is 9.92. The number of rotatable bonds is 8. The summed E-state index contributed by atoms with van der Waals surface area (Å²) in [6, 6.07) is 10.9. The highest BCUT2D eigenvalue weighted by Crippen LogP contribution is 2.41. The minimum atomic E-state index is -0.892. The van der Waals surface area contributed by atoms with Crippen LogP contribution in [0.2, 0.25) is 0 Å². The summed E-state index contributed by atoms with van der Waals surface area (Å²) >= 11 is 0. The molecular formula is C28H23F2N7O4. The summed E-state index contributed by atoms with van der Waals surface area (Å²) < 4.78 is 32.2. The van der Waals surface area contributed by atoms with Gasteiger partial charge in [-0.3, -0.25) is 29.4 Å². The number of nitro benzene ring substituents is 1. The first-order valence-corrected chi connectivity index (χ1v) is 12.3. The van der Waals surface area contributed by atoms with Crippen LogP contribution in [0.4, 0.5) is 14.5 Å². The molecule has 3 heterocycles. The molecule has 5 aromatic rings. The summed E-state index contributed by atoms with van der Waals surface area (Å²) in [5.74, 6) is -1.64. The highest BCUT2D eigenvalue weighted by molar-refractivity contribution is 5.84. The minimum Gasteiger partial charge on any atom is -0.305 e. The van der Waals surface area contributed by atoms with E-state index in [4.69, 9.17) is 0 Å². The number of hydrogen-bond acceptors (Lipinski definition) is 7. The van der Waals surface area contributed by atoms with Crippen LogP contribution in [0.15, 0.2) is 82.9 Å². The van der Waals surface area contributed by atoms with Crippen LogP contribution in [-0.2, 0) is 13.0 Å². The lowest BCUT2D eigenvalue weighted by molar-refractivity contribution is -0.385. The van der Waals surface area contributed by atoms with Gasteiger partial charge in [-0.15, -0.1) is 0 Å². The van der Waals surface area contributed by atoms with Crippen molar-refractivity contribution < 1.29 is 13.7 Å². The number of nitrogens with zero attached hydrogens (tertiary/aromatic N) is 6. The quantitative estimate of drug-likeness (QED) is 0.227. The van der Waals surface area contributed by atoms with E-state index in [2.05, 4.69) is 15.1 Å². The Bertz CT molecular complexity index is 1840. The zero-order valence-corrected chi connectivity index (χ0v) is 21.9. The molecule has 0 atom stereocenters. The predicted molar refractivity (Wildman–Crippen MR) is 146 cm³/mol.